The Morgan fingerprint density at radius 1 is 0.275 bits per heavy atom. The molecule has 0 saturated carbocycles. The molecule has 0 aliphatic carbocycles. The van der Waals surface area contributed by atoms with Gasteiger partial charge in [-0.05, 0) is 0 Å². The minimum atomic E-state index is -1.90. The van der Waals surface area contributed by atoms with Crippen molar-refractivity contribution in [1.29, 1.82) is 0 Å². The molecule has 1 spiro atoms. The van der Waals surface area contributed by atoms with Crippen LogP contribution in [-0.4, -0.2) is 34.9 Å². The van der Waals surface area contributed by atoms with Crippen LogP contribution in [0.15, 0.2) is 0 Å². The summed E-state index contributed by atoms with van der Waals surface area (Å²) in [5, 5.41) is 0. The number of hydrogen-bond donors (Lipinski definition) is 0. The molecule has 2 rings (SSSR count). The fourth-order valence-corrected chi connectivity index (χ4v) is 5770. The van der Waals surface area contributed by atoms with Crippen LogP contribution < -0.4 is 83.5 Å². The van der Waals surface area contributed by atoms with E-state index in [1.807, 2.05) is 0 Å². The van der Waals surface area contributed by atoms with Crippen LogP contribution in [0.3, 0.4) is 0 Å². The fraction of sp³-hybridized carbons (Fsp3) is 1.00. The summed E-state index contributed by atoms with van der Waals surface area (Å²) < 4.78 is 3.88. The second-order valence-electron chi connectivity index (χ2n) is 13.2. The van der Waals surface area contributed by atoms with Gasteiger partial charge in [0.2, 0.25) is 0 Å². The molecule has 0 amide bonds. The van der Waals surface area contributed by atoms with E-state index in [0.717, 1.165) is 15.1 Å². The Labute approximate surface area is 1100 Å². The first-order chi connectivity index (χ1) is 41.6. The molecular formula is C15H20I74N2-6. The minimum absolute atomic E-state index is 0.0975. The fourth-order valence-electron chi connectivity index (χ4n) is 7.85. The van der Waals surface area contributed by atoms with Crippen molar-refractivity contribution in [2.75, 3.05) is 0 Å². The first kappa shape index (κ1) is 141. The Bertz CT molecular complexity index is 2180. The van der Waals surface area contributed by atoms with Gasteiger partial charge in [0.1, 0.15) is 0 Å². The average molecular weight is 9620 g/mol. The molecule has 2 aliphatic heterocycles. The molecule has 0 radical (unpaired) electrons. The second-order valence-corrected chi connectivity index (χ2v) is 1300. The molecular weight excluding hydrogens is 9600 g/mol. The van der Waals surface area contributed by atoms with Crippen molar-refractivity contribution < 1.29 is 83.5 Å². The molecule has 614 valence electrons. The Morgan fingerprint density at radius 3 is 0.912 bits per heavy atom. The average Bonchev–Trinajstić information content (AvgIpc) is 1.41. The normalized spacial score (nSPS) is 30.6. The maximum absolute atomic E-state index is 4.52. The van der Waals surface area contributed by atoms with E-state index in [1.54, 1.807) is 0 Å². The maximum atomic E-state index is 4.52. The van der Waals surface area contributed by atoms with Crippen molar-refractivity contribution in [2.24, 2.45) is 5.41 Å². The van der Waals surface area contributed by atoms with Gasteiger partial charge in [-0.1, -0.05) is 0 Å². The molecule has 0 bridgehead atoms. The van der Waals surface area contributed by atoms with Crippen LogP contribution >= 0.6 is 991 Å². The summed E-state index contributed by atoms with van der Waals surface area (Å²) in [7, 11) is -23.9. The van der Waals surface area contributed by atoms with Crippen LogP contribution in [0.1, 0.15) is 41.5 Å². The third-order valence-electron chi connectivity index (χ3n) is 9.55. The van der Waals surface area contributed by atoms with E-state index < -0.39 is 265 Å². The number of rotatable bonds is 37. The number of hydrogen-bond acceptors (Lipinski definition) is 2. The quantitative estimate of drug-likeness (QED) is 0.0347. The summed E-state index contributed by atoms with van der Waals surface area (Å²) in [4.78, 5) is 8.87. The van der Waals surface area contributed by atoms with Crippen molar-refractivity contribution in [1.82, 2.24) is 9.80 Å². The monoisotopic (exact) mass is 9620 g/mol. The molecule has 0 aromatic heterocycles. The molecule has 76 heteroatoms. The predicted molar refractivity (Wildman–Crippen MR) is 1020 cm³/mol. The van der Waals surface area contributed by atoms with Gasteiger partial charge in [-0.15, -0.1) is 0 Å². The molecule has 0 N–H and O–H groups in total. The second kappa shape index (κ2) is 72.8. The summed E-state index contributed by atoms with van der Waals surface area (Å²) >= 11 is 126. The summed E-state index contributed by atoms with van der Waals surface area (Å²) in [6.07, 6.45) is 0. The molecule has 0 aromatic rings. The Balaban J connectivity index is 5.01. The third kappa shape index (κ3) is 35.2. The number of nitrogens with zero attached hydrogens (tertiary/aromatic N) is 2. The number of likely N-dealkylation sites (tertiary alicyclic amines) is 2. The molecule has 7 atom stereocenters. The zero-order valence-electron chi connectivity index (χ0n) is 39.5. The van der Waals surface area contributed by atoms with Crippen LogP contribution in [0.2, 0.25) is 0 Å². The third-order valence-corrected chi connectivity index (χ3v) is 3380. The number of alkyl halides is 10. The van der Waals surface area contributed by atoms with Crippen molar-refractivity contribution in [3.05, 3.63) is 0 Å². The first-order valence-electron chi connectivity index (χ1n) is 17.3. The molecule has 2 aliphatic rings. The summed E-state index contributed by atoms with van der Waals surface area (Å²) in [6, 6.07) is 1.49. The van der Waals surface area contributed by atoms with Crippen LogP contribution in [0, 0.1) is 5.41 Å². The van der Waals surface area contributed by atoms with Crippen LogP contribution in [-0.2, 0) is 0 Å². The summed E-state index contributed by atoms with van der Waals surface area (Å²) in [5.74, 6) is 0. The molecule has 91 heavy (non-hydrogen) atoms. The van der Waals surface area contributed by atoms with Gasteiger partial charge in [0.15, 0.2) is 0 Å². The molecule has 2 fully saturated rings. The van der Waals surface area contributed by atoms with Crippen molar-refractivity contribution in [3.8, 4) is 0 Å². The molecule has 2 heterocycles. The zero-order valence-corrected chi connectivity index (χ0v) is 199. The standard InChI is InChI=1S/C15H20I74N2/c1-7(2)90-10(6,55-16)11(12(62(23)80(45)84(49)72(35)36,63(24)81(46)86(51)76(41)59-20)15(90,68(29)78(43)71(33)34)69(30)79(44)75(40)58-19)9(5,61(22)56-17)13(64(25)70(31)32,65(26)74(39)57-18)91(8(3)4)14(11,66(27)82(47)88(53)85(50)73(37)38)67(28)83(48)89(54)87(52)77(42)60-21/h7-8H,1-6H3/q-6. The van der Waals surface area contributed by atoms with E-state index in [0.29, 0.717) is 55.3 Å². The Morgan fingerprint density at radius 2 is 0.582 bits per heavy atom. The molecule has 2 saturated heterocycles. The van der Waals surface area contributed by atoms with E-state index in [2.05, 4.69) is 777 Å². The van der Waals surface area contributed by atoms with E-state index in [4.69, 9.17) is 0 Å². The van der Waals surface area contributed by atoms with Crippen molar-refractivity contribution >= 4 is 991 Å². The van der Waals surface area contributed by atoms with Gasteiger partial charge in [-0.2, -0.15) is 0 Å². The van der Waals surface area contributed by atoms with E-state index >= 15 is 0 Å². The van der Waals surface area contributed by atoms with Gasteiger partial charge in [0.25, 0.3) is 0 Å². The first-order valence-corrected chi connectivity index (χ1v) is 430. The van der Waals surface area contributed by atoms with Gasteiger partial charge in [0, 0.05) is 0 Å². The van der Waals surface area contributed by atoms with Gasteiger partial charge in [-0.25, -0.2) is 0 Å². The summed E-state index contributed by atoms with van der Waals surface area (Å²) in [6.45, 7) is 19.9. The van der Waals surface area contributed by atoms with Crippen LogP contribution in [0.4, 0.5) is 0 Å². The summed E-state index contributed by atoms with van der Waals surface area (Å²) in [5.41, 5.74) is 0.600. The molecule has 0 aromatic carbocycles. The topological polar surface area (TPSA) is 6.48 Å². The van der Waals surface area contributed by atoms with Crippen molar-refractivity contribution in [3.63, 3.8) is 0 Å². The van der Waals surface area contributed by atoms with Gasteiger partial charge >= 0.3 is 1160 Å². The Hall–Kier alpha value is 53.9. The van der Waals surface area contributed by atoms with E-state index in [9.17, 15) is 0 Å². The molecule has 7 unspecified atom stereocenters. The van der Waals surface area contributed by atoms with Gasteiger partial charge in [-0.3, -0.25) is 0 Å². The Kier molecular flexibility index (Phi) is 113. The van der Waals surface area contributed by atoms with E-state index in [1.165, 1.54) is 0 Å². The predicted octanol–water partition coefficient (Wildman–Crippen LogP) is 43.3. The number of halogens is 74. The van der Waals surface area contributed by atoms with Crippen LogP contribution in [0.25, 0.3) is 0 Å². The van der Waals surface area contributed by atoms with Crippen LogP contribution in [0.5, 0.6) is 0 Å². The zero-order chi connectivity index (χ0) is 71.8. The molecule has 2 nitrogen and oxygen atoms in total. The van der Waals surface area contributed by atoms with Gasteiger partial charge < -0.3 is 0 Å². The van der Waals surface area contributed by atoms with Crippen molar-refractivity contribution in [2.45, 2.75) is 66.7 Å². The van der Waals surface area contributed by atoms with Gasteiger partial charge in [0.05, 0.1) is 0 Å². The van der Waals surface area contributed by atoms with E-state index in [-0.39, 0.29) is 43.7 Å². The SMILES string of the molecule is CC(C)N1C(C)([I-]I)C2(C(I(I)I(I)I(I)I(I)I(I)I)(I(I)I(I)I(I)I(I)I(I)[I-]I)N(C(C)C)C(I(I)I(I)I)(I(I)I(I)[I-]I)C2(C)I(I)[I-]I)C(I(I)I(I)I(I)I(I)I)(I(I)I(I)I(I)I(I)[I-]I)C1(I(I)I(I)I(I)I)I(I)I(I)I(I)[I-]I.